The highest BCUT2D eigenvalue weighted by Crippen LogP contribution is 2.22. The van der Waals surface area contributed by atoms with Gasteiger partial charge in [-0.2, -0.15) is 0 Å². The highest BCUT2D eigenvalue weighted by Gasteiger charge is 2.20. The lowest BCUT2D eigenvalue weighted by molar-refractivity contribution is 0.265. The molecular formula is C17H22ClN3. The smallest absolute Gasteiger partial charge is 0.0891 e. The molecule has 3 nitrogen and oxygen atoms in total. The van der Waals surface area contributed by atoms with Crippen LogP contribution in [0.2, 0.25) is 5.02 Å². The van der Waals surface area contributed by atoms with Crippen molar-refractivity contribution in [1.82, 2.24) is 14.8 Å². The van der Waals surface area contributed by atoms with Crippen LogP contribution in [-0.4, -0.2) is 48.5 Å². The van der Waals surface area contributed by atoms with E-state index in [1.54, 1.807) is 0 Å². The van der Waals surface area contributed by atoms with E-state index in [1.165, 1.54) is 19.5 Å². The summed E-state index contributed by atoms with van der Waals surface area (Å²) in [6.07, 6.45) is 1.30. The maximum atomic E-state index is 6.24. The third kappa shape index (κ3) is 3.54. The SMILES string of the molecule is CN1CC[C@H](CN(C)Cc2ccc3cccc(Cl)c3n2)C1. The van der Waals surface area contributed by atoms with Crippen molar-refractivity contribution in [2.75, 3.05) is 33.7 Å². The van der Waals surface area contributed by atoms with Gasteiger partial charge in [-0.05, 0) is 45.1 Å². The van der Waals surface area contributed by atoms with Gasteiger partial charge in [0, 0.05) is 25.0 Å². The summed E-state index contributed by atoms with van der Waals surface area (Å²) in [5.74, 6) is 0.782. The van der Waals surface area contributed by atoms with Gasteiger partial charge < -0.3 is 9.80 Å². The normalized spacial score (nSPS) is 19.7. The fourth-order valence-corrected chi connectivity index (χ4v) is 3.42. The molecule has 21 heavy (non-hydrogen) atoms. The zero-order valence-electron chi connectivity index (χ0n) is 12.7. The Hall–Kier alpha value is -1.16. The molecule has 0 bridgehead atoms. The number of fused-ring (bicyclic) bond motifs is 1. The van der Waals surface area contributed by atoms with Gasteiger partial charge in [-0.3, -0.25) is 0 Å². The maximum absolute atomic E-state index is 6.24. The molecule has 0 saturated carbocycles. The van der Waals surface area contributed by atoms with Gasteiger partial charge in [0.15, 0.2) is 0 Å². The number of nitrogens with zero attached hydrogens (tertiary/aromatic N) is 3. The van der Waals surface area contributed by atoms with E-state index in [0.29, 0.717) is 0 Å². The van der Waals surface area contributed by atoms with Crippen LogP contribution in [0.3, 0.4) is 0 Å². The van der Waals surface area contributed by atoms with E-state index in [1.807, 2.05) is 12.1 Å². The van der Waals surface area contributed by atoms with Gasteiger partial charge in [0.2, 0.25) is 0 Å². The van der Waals surface area contributed by atoms with Gasteiger partial charge in [-0.1, -0.05) is 29.8 Å². The molecule has 1 saturated heterocycles. The van der Waals surface area contributed by atoms with Crippen LogP contribution >= 0.6 is 11.6 Å². The monoisotopic (exact) mass is 303 g/mol. The van der Waals surface area contributed by atoms with Crippen molar-refractivity contribution in [2.45, 2.75) is 13.0 Å². The fraction of sp³-hybridized carbons (Fsp3) is 0.471. The zero-order chi connectivity index (χ0) is 14.8. The summed E-state index contributed by atoms with van der Waals surface area (Å²) in [4.78, 5) is 9.50. The molecule has 1 aromatic heterocycles. The minimum absolute atomic E-state index is 0.731. The van der Waals surface area contributed by atoms with E-state index in [4.69, 9.17) is 16.6 Å². The lowest BCUT2D eigenvalue weighted by Gasteiger charge is -2.20. The highest BCUT2D eigenvalue weighted by molar-refractivity contribution is 6.35. The number of benzene rings is 1. The average Bonchev–Trinajstić information content (AvgIpc) is 2.85. The van der Waals surface area contributed by atoms with Gasteiger partial charge >= 0.3 is 0 Å². The first-order valence-electron chi connectivity index (χ1n) is 7.53. The Morgan fingerprint density at radius 3 is 2.95 bits per heavy atom. The Morgan fingerprint density at radius 2 is 2.19 bits per heavy atom. The van der Waals surface area contributed by atoms with Crippen molar-refractivity contribution >= 4 is 22.5 Å². The summed E-state index contributed by atoms with van der Waals surface area (Å²) >= 11 is 6.24. The van der Waals surface area contributed by atoms with E-state index >= 15 is 0 Å². The number of hydrogen-bond acceptors (Lipinski definition) is 3. The number of halogens is 1. The van der Waals surface area contributed by atoms with Crippen LogP contribution in [-0.2, 0) is 6.54 Å². The van der Waals surface area contributed by atoms with Crippen LogP contribution in [0.1, 0.15) is 12.1 Å². The van der Waals surface area contributed by atoms with Crippen LogP contribution in [0, 0.1) is 5.92 Å². The molecule has 0 radical (unpaired) electrons. The van der Waals surface area contributed by atoms with E-state index < -0.39 is 0 Å². The number of aromatic nitrogens is 1. The van der Waals surface area contributed by atoms with Crippen molar-refractivity contribution in [3.8, 4) is 0 Å². The molecule has 0 amide bonds. The predicted molar refractivity (Wildman–Crippen MR) is 88.7 cm³/mol. The molecule has 1 aliphatic heterocycles. The van der Waals surface area contributed by atoms with Crippen molar-refractivity contribution in [1.29, 1.82) is 0 Å². The number of para-hydroxylation sites is 1. The fourth-order valence-electron chi connectivity index (χ4n) is 3.20. The first-order chi connectivity index (χ1) is 10.1. The van der Waals surface area contributed by atoms with Crippen molar-refractivity contribution in [3.63, 3.8) is 0 Å². The van der Waals surface area contributed by atoms with E-state index in [0.717, 1.165) is 40.6 Å². The predicted octanol–water partition coefficient (Wildman–Crippen LogP) is 3.27. The van der Waals surface area contributed by atoms with Gasteiger partial charge in [-0.25, -0.2) is 4.98 Å². The third-order valence-electron chi connectivity index (χ3n) is 4.22. The second kappa shape index (κ2) is 6.30. The van der Waals surface area contributed by atoms with Crippen LogP contribution in [0.5, 0.6) is 0 Å². The number of hydrogen-bond donors (Lipinski definition) is 0. The molecule has 1 atom stereocenters. The van der Waals surface area contributed by atoms with Gasteiger partial charge in [0.05, 0.1) is 16.2 Å². The van der Waals surface area contributed by atoms with Crippen LogP contribution in [0.15, 0.2) is 30.3 Å². The summed E-state index contributed by atoms with van der Waals surface area (Å²) in [5, 5.41) is 1.83. The Kier molecular flexibility index (Phi) is 4.43. The minimum Gasteiger partial charge on any atom is -0.306 e. The first kappa shape index (κ1) is 14.8. The molecule has 0 unspecified atom stereocenters. The molecule has 1 fully saturated rings. The van der Waals surface area contributed by atoms with Crippen molar-refractivity contribution in [3.05, 3.63) is 41.0 Å². The summed E-state index contributed by atoms with van der Waals surface area (Å²) in [6.45, 7) is 4.44. The maximum Gasteiger partial charge on any atom is 0.0891 e. The molecular weight excluding hydrogens is 282 g/mol. The van der Waals surface area contributed by atoms with Crippen LogP contribution < -0.4 is 0 Å². The van der Waals surface area contributed by atoms with Crippen molar-refractivity contribution < 1.29 is 0 Å². The molecule has 0 spiro atoms. The van der Waals surface area contributed by atoms with Crippen LogP contribution in [0.25, 0.3) is 10.9 Å². The van der Waals surface area contributed by atoms with E-state index in [2.05, 4.69) is 42.1 Å². The molecule has 2 heterocycles. The summed E-state index contributed by atoms with van der Waals surface area (Å²) < 4.78 is 0. The summed E-state index contributed by atoms with van der Waals surface area (Å²) in [6, 6.07) is 10.1. The third-order valence-corrected chi connectivity index (χ3v) is 4.52. The van der Waals surface area contributed by atoms with Gasteiger partial charge in [0.1, 0.15) is 0 Å². The number of likely N-dealkylation sites (tertiary alicyclic amines) is 1. The molecule has 3 rings (SSSR count). The number of pyridine rings is 1. The largest absolute Gasteiger partial charge is 0.306 e. The average molecular weight is 304 g/mol. The lowest BCUT2D eigenvalue weighted by Crippen LogP contribution is -2.27. The molecule has 112 valence electrons. The second-order valence-corrected chi connectivity index (χ2v) is 6.64. The topological polar surface area (TPSA) is 19.4 Å². The quantitative estimate of drug-likeness (QED) is 0.864. The minimum atomic E-state index is 0.731. The number of rotatable bonds is 4. The Morgan fingerprint density at radius 1 is 1.33 bits per heavy atom. The van der Waals surface area contributed by atoms with E-state index in [9.17, 15) is 0 Å². The highest BCUT2D eigenvalue weighted by atomic mass is 35.5. The first-order valence-corrected chi connectivity index (χ1v) is 7.91. The molecule has 2 aromatic rings. The van der Waals surface area contributed by atoms with Gasteiger partial charge in [-0.15, -0.1) is 0 Å². The standard InChI is InChI=1S/C17H22ClN3/c1-20-9-8-13(10-20)11-21(2)12-15-7-6-14-4-3-5-16(18)17(14)19-15/h3-7,13H,8-12H2,1-2H3/t13-/m0/s1. The molecule has 0 N–H and O–H groups in total. The molecule has 1 aliphatic rings. The van der Waals surface area contributed by atoms with Crippen LogP contribution in [0.4, 0.5) is 0 Å². The molecule has 1 aromatic carbocycles. The Labute approximate surface area is 131 Å². The zero-order valence-corrected chi connectivity index (χ0v) is 13.5. The molecule has 0 aliphatic carbocycles. The summed E-state index contributed by atoms with van der Waals surface area (Å²) in [7, 11) is 4.38. The Balaban J connectivity index is 1.68. The lowest BCUT2D eigenvalue weighted by atomic mass is 10.1. The summed E-state index contributed by atoms with van der Waals surface area (Å²) in [5.41, 5.74) is 2.00. The van der Waals surface area contributed by atoms with Gasteiger partial charge in [0.25, 0.3) is 0 Å². The van der Waals surface area contributed by atoms with Crippen molar-refractivity contribution in [2.24, 2.45) is 5.92 Å². The van der Waals surface area contributed by atoms with E-state index in [-0.39, 0.29) is 0 Å². The second-order valence-electron chi connectivity index (χ2n) is 6.23. The molecule has 4 heteroatoms. The Bertz CT molecular complexity index is 628.